The molecule has 2 aromatic rings. The second-order valence-corrected chi connectivity index (χ2v) is 6.46. The maximum Gasteiger partial charge on any atom is 0.126 e. The summed E-state index contributed by atoms with van der Waals surface area (Å²) < 4.78 is 7.09. The Morgan fingerprint density at radius 2 is 2.05 bits per heavy atom. The van der Waals surface area contributed by atoms with Crippen molar-refractivity contribution >= 4 is 27.5 Å². The molecular formula is C16H15BrClNO. The van der Waals surface area contributed by atoms with Crippen LogP contribution in [0.5, 0.6) is 5.75 Å². The molecule has 104 valence electrons. The molecule has 1 aliphatic rings. The smallest absolute Gasteiger partial charge is 0.126 e. The fraction of sp³-hybridized carbons (Fsp3) is 0.250. The topological polar surface area (TPSA) is 35.2 Å². The number of ether oxygens (including phenoxy) is 1. The third-order valence-corrected chi connectivity index (χ3v) is 4.58. The van der Waals surface area contributed by atoms with Crippen LogP contribution in [0.2, 0.25) is 5.02 Å². The summed E-state index contributed by atoms with van der Waals surface area (Å²) >= 11 is 9.67. The number of nitrogens with two attached hydrogens (primary N) is 1. The lowest BCUT2D eigenvalue weighted by atomic mass is 9.93. The van der Waals surface area contributed by atoms with Crippen molar-refractivity contribution in [2.75, 3.05) is 0 Å². The first-order chi connectivity index (χ1) is 9.54. The number of rotatable bonds is 1. The highest BCUT2D eigenvalue weighted by molar-refractivity contribution is 9.10. The van der Waals surface area contributed by atoms with E-state index in [-0.39, 0.29) is 12.1 Å². The lowest BCUT2D eigenvalue weighted by Crippen LogP contribution is -2.24. The molecular weight excluding hydrogens is 338 g/mol. The van der Waals surface area contributed by atoms with E-state index in [0.717, 1.165) is 38.4 Å². The highest BCUT2D eigenvalue weighted by Crippen LogP contribution is 2.41. The summed E-state index contributed by atoms with van der Waals surface area (Å²) in [4.78, 5) is 0. The standard InChI is InChI=1S/C16H15BrClNO/c1-9-2-3-10(6-13(9)18)15-8-14(19)12-5-4-11(17)7-16(12)20-15/h2-7,14-15H,8,19H2,1H3/t14-,15?/m0/s1. The molecule has 2 atom stereocenters. The molecule has 0 bridgehead atoms. The quantitative estimate of drug-likeness (QED) is 0.789. The molecule has 1 heterocycles. The highest BCUT2D eigenvalue weighted by atomic mass is 79.9. The minimum Gasteiger partial charge on any atom is -0.485 e. The fourth-order valence-electron chi connectivity index (χ4n) is 2.49. The molecule has 0 fully saturated rings. The lowest BCUT2D eigenvalue weighted by molar-refractivity contribution is 0.161. The first-order valence-electron chi connectivity index (χ1n) is 6.52. The van der Waals surface area contributed by atoms with Crippen molar-refractivity contribution in [3.8, 4) is 5.75 Å². The van der Waals surface area contributed by atoms with Crippen LogP contribution in [0.25, 0.3) is 0 Å². The number of aryl methyl sites for hydroxylation is 1. The zero-order valence-electron chi connectivity index (χ0n) is 11.1. The Kier molecular flexibility index (Phi) is 3.76. The minimum absolute atomic E-state index is 0.0167. The summed E-state index contributed by atoms with van der Waals surface area (Å²) in [7, 11) is 0. The molecule has 0 amide bonds. The van der Waals surface area contributed by atoms with Crippen molar-refractivity contribution in [2.24, 2.45) is 5.73 Å². The second kappa shape index (κ2) is 5.40. The normalized spacial score (nSPS) is 21.2. The van der Waals surface area contributed by atoms with Crippen molar-refractivity contribution in [1.29, 1.82) is 0 Å². The van der Waals surface area contributed by atoms with E-state index in [9.17, 15) is 0 Å². The number of halogens is 2. The molecule has 20 heavy (non-hydrogen) atoms. The largest absolute Gasteiger partial charge is 0.485 e. The van der Waals surface area contributed by atoms with E-state index in [1.807, 2.05) is 37.3 Å². The summed E-state index contributed by atoms with van der Waals surface area (Å²) in [6.45, 7) is 1.99. The Morgan fingerprint density at radius 1 is 1.25 bits per heavy atom. The van der Waals surface area contributed by atoms with Crippen molar-refractivity contribution in [3.05, 3.63) is 62.6 Å². The van der Waals surface area contributed by atoms with Crippen molar-refractivity contribution in [3.63, 3.8) is 0 Å². The van der Waals surface area contributed by atoms with E-state index in [1.165, 1.54) is 0 Å². The zero-order chi connectivity index (χ0) is 14.3. The Balaban J connectivity index is 1.96. The van der Waals surface area contributed by atoms with Crippen LogP contribution < -0.4 is 10.5 Å². The van der Waals surface area contributed by atoms with Crippen LogP contribution in [-0.4, -0.2) is 0 Å². The third-order valence-electron chi connectivity index (χ3n) is 3.68. The zero-order valence-corrected chi connectivity index (χ0v) is 13.4. The van der Waals surface area contributed by atoms with Gasteiger partial charge in [-0.3, -0.25) is 0 Å². The van der Waals surface area contributed by atoms with E-state index >= 15 is 0 Å². The molecule has 4 heteroatoms. The molecule has 3 rings (SSSR count). The molecule has 0 aliphatic carbocycles. The van der Waals surface area contributed by atoms with E-state index < -0.39 is 0 Å². The molecule has 2 aromatic carbocycles. The summed E-state index contributed by atoms with van der Waals surface area (Å²) in [5.74, 6) is 0.847. The van der Waals surface area contributed by atoms with Gasteiger partial charge in [-0.25, -0.2) is 0 Å². The van der Waals surface area contributed by atoms with Crippen LogP contribution in [0.1, 0.15) is 35.3 Å². The number of hydrogen-bond acceptors (Lipinski definition) is 2. The predicted molar refractivity (Wildman–Crippen MR) is 85.2 cm³/mol. The van der Waals surface area contributed by atoms with Gasteiger partial charge in [0.1, 0.15) is 11.9 Å². The molecule has 0 saturated heterocycles. The van der Waals surface area contributed by atoms with Crippen LogP contribution in [-0.2, 0) is 0 Å². The van der Waals surface area contributed by atoms with Crippen LogP contribution in [0.3, 0.4) is 0 Å². The maximum absolute atomic E-state index is 6.26. The Hall–Kier alpha value is -1.03. The molecule has 0 aromatic heterocycles. The first-order valence-corrected chi connectivity index (χ1v) is 7.69. The fourth-order valence-corrected chi connectivity index (χ4v) is 3.02. The van der Waals surface area contributed by atoms with Gasteiger partial charge in [-0.15, -0.1) is 0 Å². The maximum atomic E-state index is 6.26. The predicted octanol–water partition coefficient (Wildman–Crippen LogP) is 4.93. The Bertz CT molecular complexity index is 659. The van der Waals surface area contributed by atoms with Gasteiger partial charge in [-0.2, -0.15) is 0 Å². The van der Waals surface area contributed by atoms with Gasteiger partial charge < -0.3 is 10.5 Å². The summed E-state index contributed by atoms with van der Waals surface area (Å²) in [6.07, 6.45) is 0.707. The first kappa shape index (κ1) is 13.9. The molecule has 2 N–H and O–H groups in total. The molecule has 0 spiro atoms. The number of hydrogen-bond donors (Lipinski definition) is 1. The van der Waals surface area contributed by atoms with Gasteiger partial charge in [0.05, 0.1) is 0 Å². The molecule has 2 nitrogen and oxygen atoms in total. The van der Waals surface area contributed by atoms with E-state index in [0.29, 0.717) is 0 Å². The van der Waals surface area contributed by atoms with Gasteiger partial charge in [0, 0.05) is 27.5 Å². The van der Waals surface area contributed by atoms with Crippen LogP contribution in [0.4, 0.5) is 0 Å². The van der Waals surface area contributed by atoms with Gasteiger partial charge >= 0.3 is 0 Å². The molecule has 1 unspecified atom stereocenters. The number of benzene rings is 2. The Labute approximate surface area is 132 Å². The lowest BCUT2D eigenvalue weighted by Gasteiger charge is -2.31. The molecule has 0 saturated carbocycles. The monoisotopic (exact) mass is 351 g/mol. The average Bonchev–Trinajstić information content (AvgIpc) is 2.41. The van der Waals surface area contributed by atoms with E-state index in [4.69, 9.17) is 22.1 Å². The summed E-state index contributed by atoms with van der Waals surface area (Å²) in [5.41, 5.74) is 9.46. The van der Waals surface area contributed by atoms with Crippen molar-refractivity contribution in [2.45, 2.75) is 25.5 Å². The molecule has 1 aliphatic heterocycles. The van der Waals surface area contributed by atoms with Gasteiger partial charge in [-0.05, 0) is 36.2 Å². The highest BCUT2D eigenvalue weighted by Gasteiger charge is 2.27. The third kappa shape index (κ3) is 2.58. The SMILES string of the molecule is Cc1ccc(C2C[C@H](N)c3ccc(Br)cc3O2)cc1Cl. The van der Waals surface area contributed by atoms with Crippen LogP contribution >= 0.6 is 27.5 Å². The van der Waals surface area contributed by atoms with Crippen LogP contribution in [0, 0.1) is 6.92 Å². The minimum atomic E-state index is -0.0510. The van der Waals surface area contributed by atoms with Gasteiger partial charge in [0.2, 0.25) is 0 Å². The van der Waals surface area contributed by atoms with E-state index in [2.05, 4.69) is 22.0 Å². The van der Waals surface area contributed by atoms with Crippen molar-refractivity contribution < 1.29 is 4.74 Å². The summed E-state index contributed by atoms with van der Waals surface area (Å²) in [5, 5.41) is 0.764. The van der Waals surface area contributed by atoms with Gasteiger partial charge in [0.25, 0.3) is 0 Å². The number of fused-ring (bicyclic) bond motifs is 1. The second-order valence-electron chi connectivity index (χ2n) is 5.14. The van der Waals surface area contributed by atoms with Gasteiger partial charge in [0.15, 0.2) is 0 Å². The molecule has 0 radical (unpaired) electrons. The van der Waals surface area contributed by atoms with Crippen molar-refractivity contribution in [1.82, 2.24) is 0 Å². The van der Waals surface area contributed by atoms with Crippen LogP contribution in [0.15, 0.2) is 40.9 Å². The average molecular weight is 353 g/mol. The van der Waals surface area contributed by atoms with Gasteiger partial charge in [-0.1, -0.05) is 45.7 Å². The summed E-state index contributed by atoms with van der Waals surface area (Å²) in [6, 6.07) is 12.0. The van der Waals surface area contributed by atoms with E-state index in [1.54, 1.807) is 0 Å². The Morgan fingerprint density at radius 3 is 2.80 bits per heavy atom.